The maximum absolute atomic E-state index is 11.7. The molecule has 2 N–H and O–H groups in total. The SMILES string of the molecule is CC(C)(C)OC(=O)NCCCOCC(CO)N(Cc1ccccc1)Cc1ccccc1. The lowest BCUT2D eigenvalue weighted by atomic mass is 10.1. The van der Waals surface area contributed by atoms with E-state index >= 15 is 0 Å². The van der Waals surface area contributed by atoms with Gasteiger partial charge in [0, 0.05) is 26.2 Å². The number of alkyl carbamates (subject to hydrolysis) is 1. The van der Waals surface area contributed by atoms with Gasteiger partial charge in [-0.05, 0) is 38.3 Å². The average Bonchev–Trinajstić information content (AvgIpc) is 2.73. The summed E-state index contributed by atoms with van der Waals surface area (Å²) in [5.74, 6) is 0. The summed E-state index contributed by atoms with van der Waals surface area (Å²) >= 11 is 0. The number of nitrogens with one attached hydrogen (secondary N) is 1. The van der Waals surface area contributed by atoms with Gasteiger partial charge in [0.15, 0.2) is 0 Å². The number of aliphatic hydroxyl groups excluding tert-OH is 1. The minimum atomic E-state index is -0.504. The number of aliphatic hydroxyl groups is 1. The van der Waals surface area contributed by atoms with Crippen molar-refractivity contribution in [3.05, 3.63) is 71.8 Å². The predicted octanol–water partition coefficient (Wildman–Crippen LogP) is 3.98. The smallest absolute Gasteiger partial charge is 0.407 e. The largest absolute Gasteiger partial charge is 0.444 e. The number of rotatable bonds is 12. The number of amides is 1. The molecule has 0 aliphatic rings. The fourth-order valence-corrected chi connectivity index (χ4v) is 3.12. The number of hydrogen-bond donors (Lipinski definition) is 2. The number of hydrogen-bond acceptors (Lipinski definition) is 5. The Bertz CT molecular complexity index is 706. The van der Waals surface area contributed by atoms with Crippen LogP contribution in [0.2, 0.25) is 0 Å². The third-order valence-electron chi connectivity index (χ3n) is 4.63. The lowest BCUT2D eigenvalue weighted by Gasteiger charge is -2.30. The third-order valence-corrected chi connectivity index (χ3v) is 4.63. The predicted molar refractivity (Wildman–Crippen MR) is 123 cm³/mol. The Labute approximate surface area is 186 Å². The summed E-state index contributed by atoms with van der Waals surface area (Å²) in [5, 5.41) is 12.8. The van der Waals surface area contributed by atoms with Crippen LogP contribution in [0.3, 0.4) is 0 Å². The summed E-state index contributed by atoms with van der Waals surface area (Å²) in [4.78, 5) is 13.9. The number of carbonyl (C=O) groups excluding carboxylic acids is 1. The van der Waals surface area contributed by atoms with E-state index in [1.54, 1.807) is 0 Å². The van der Waals surface area contributed by atoms with Gasteiger partial charge < -0.3 is 19.9 Å². The summed E-state index contributed by atoms with van der Waals surface area (Å²) in [6.07, 6.45) is 0.256. The second kappa shape index (κ2) is 13.1. The van der Waals surface area contributed by atoms with Crippen molar-refractivity contribution >= 4 is 6.09 Å². The van der Waals surface area contributed by atoms with Crippen molar-refractivity contribution in [2.75, 3.05) is 26.4 Å². The van der Waals surface area contributed by atoms with E-state index in [0.29, 0.717) is 26.2 Å². The molecule has 0 aromatic heterocycles. The van der Waals surface area contributed by atoms with E-state index in [9.17, 15) is 9.90 Å². The summed E-state index contributed by atoms with van der Waals surface area (Å²) in [6.45, 7) is 8.37. The highest BCUT2D eigenvalue weighted by molar-refractivity contribution is 5.67. The van der Waals surface area contributed by atoms with Gasteiger partial charge in [-0.3, -0.25) is 4.90 Å². The Balaban J connectivity index is 1.83. The molecule has 0 spiro atoms. The quantitative estimate of drug-likeness (QED) is 0.501. The number of ether oxygens (including phenoxy) is 2. The molecule has 0 saturated carbocycles. The highest BCUT2D eigenvalue weighted by atomic mass is 16.6. The summed E-state index contributed by atoms with van der Waals surface area (Å²) < 4.78 is 11.0. The van der Waals surface area contributed by atoms with Crippen molar-refractivity contribution in [2.24, 2.45) is 0 Å². The molecular weight excluding hydrogens is 392 g/mol. The molecular formula is C25H36N2O4. The van der Waals surface area contributed by atoms with Crippen LogP contribution in [0, 0.1) is 0 Å². The Morgan fingerprint density at radius 1 is 1.00 bits per heavy atom. The van der Waals surface area contributed by atoms with Crippen LogP contribution < -0.4 is 5.32 Å². The topological polar surface area (TPSA) is 71.0 Å². The molecule has 0 radical (unpaired) electrons. The van der Waals surface area contributed by atoms with Crippen molar-refractivity contribution in [1.29, 1.82) is 0 Å². The van der Waals surface area contributed by atoms with E-state index in [2.05, 4.69) is 34.5 Å². The standard InChI is InChI=1S/C25H36N2O4/c1-25(2,3)31-24(29)26-15-10-16-30-20-23(19-28)27(17-21-11-6-4-7-12-21)18-22-13-8-5-9-14-22/h4-9,11-14,23,28H,10,15-20H2,1-3H3,(H,26,29). The summed E-state index contributed by atoms with van der Waals surface area (Å²) in [5.41, 5.74) is 1.88. The zero-order valence-corrected chi connectivity index (χ0v) is 18.9. The first-order valence-electron chi connectivity index (χ1n) is 10.8. The minimum absolute atomic E-state index is 0.00975. The molecule has 1 atom stereocenters. The van der Waals surface area contributed by atoms with E-state index in [-0.39, 0.29) is 12.6 Å². The van der Waals surface area contributed by atoms with Crippen LogP contribution in [-0.4, -0.2) is 54.1 Å². The molecule has 2 rings (SSSR count). The first-order chi connectivity index (χ1) is 14.9. The van der Waals surface area contributed by atoms with Gasteiger partial charge in [-0.2, -0.15) is 0 Å². The van der Waals surface area contributed by atoms with Crippen LogP contribution in [0.5, 0.6) is 0 Å². The lowest BCUT2D eigenvalue weighted by molar-refractivity contribution is 0.0221. The Morgan fingerprint density at radius 2 is 1.55 bits per heavy atom. The molecule has 1 unspecified atom stereocenters. The van der Waals surface area contributed by atoms with Crippen LogP contribution >= 0.6 is 0 Å². The van der Waals surface area contributed by atoms with Gasteiger partial charge in [0.2, 0.25) is 0 Å². The molecule has 6 heteroatoms. The van der Waals surface area contributed by atoms with Crippen molar-refractivity contribution in [1.82, 2.24) is 10.2 Å². The summed E-state index contributed by atoms with van der Waals surface area (Å²) in [7, 11) is 0. The van der Waals surface area contributed by atoms with Crippen LogP contribution in [0.1, 0.15) is 38.3 Å². The number of benzene rings is 2. The Hall–Kier alpha value is -2.41. The second-order valence-electron chi connectivity index (χ2n) is 8.57. The van der Waals surface area contributed by atoms with Gasteiger partial charge in [-0.1, -0.05) is 60.7 Å². The van der Waals surface area contributed by atoms with Gasteiger partial charge in [0.25, 0.3) is 0 Å². The van der Waals surface area contributed by atoms with Gasteiger partial charge in [0.05, 0.1) is 19.3 Å². The average molecular weight is 429 g/mol. The van der Waals surface area contributed by atoms with E-state index in [1.807, 2.05) is 57.2 Å². The molecule has 31 heavy (non-hydrogen) atoms. The second-order valence-corrected chi connectivity index (χ2v) is 8.57. The normalized spacial score (nSPS) is 12.5. The molecule has 2 aromatic carbocycles. The first kappa shape index (κ1) is 24.9. The van der Waals surface area contributed by atoms with Crippen LogP contribution in [0.15, 0.2) is 60.7 Å². The Kier molecular flexibility index (Phi) is 10.5. The van der Waals surface area contributed by atoms with E-state index in [0.717, 1.165) is 13.1 Å². The minimum Gasteiger partial charge on any atom is -0.444 e. The van der Waals surface area contributed by atoms with Gasteiger partial charge in [-0.25, -0.2) is 4.79 Å². The fraction of sp³-hybridized carbons (Fsp3) is 0.480. The van der Waals surface area contributed by atoms with Gasteiger partial charge >= 0.3 is 6.09 Å². The molecule has 0 aliphatic carbocycles. The maximum Gasteiger partial charge on any atom is 0.407 e. The fourth-order valence-electron chi connectivity index (χ4n) is 3.12. The van der Waals surface area contributed by atoms with E-state index < -0.39 is 11.7 Å². The van der Waals surface area contributed by atoms with Crippen molar-refractivity contribution in [3.63, 3.8) is 0 Å². The molecule has 1 amide bonds. The molecule has 0 heterocycles. The molecule has 0 bridgehead atoms. The molecule has 170 valence electrons. The zero-order valence-electron chi connectivity index (χ0n) is 18.9. The maximum atomic E-state index is 11.7. The monoisotopic (exact) mass is 428 g/mol. The molecule has 0 aliphatic heterocycles. The third kappa shape index (κ3) is 10.4. The highest BCUT2D eigenvalue weighted by Gasteiger charge is 2.19. The van der Waals surface area contributed by atoms with Crippen molar-refractivity contribution in [2.45, 2.75) is 51.9 Å². The van der Waals surface area contributed by atoms with Crippen molar-refractivity contribution < 1.29 is 19.4 Å². The molecule has 6 nitrogen and oxygen atoms in total. The van der Waals surface area contributed by atoms with Crippen LogP contribution in [0.25, 0.3) is 0 Å². The Morgan fingerprint density at radius 3 is 2.03 bits per heavy atom. The lowest BCUT2D eigenvalue weighted by Crippen LogP contribution is -2.40. The van der Waals surface area contributed by atoms with E-state index in [4.69, 9.17) is 9.47 Å². The number of carbonyl (C=O) groups is 1. The van der Waals surface area contributed by atoms with E-state index in [1.165, 1.54) is 11.1 Å². The summed E-state index contributed by atoms with van der Waals surface area (Å²) in [6, 6.07) is 20.4. The molecule has 2 aromatic rings. The van der Waals surface area contributed by atoms with Gasteiger partial charge in [0.1, 0.15) is 5.60 Å². The van der Waals surface area contributed by atoms with Crippen LogP contribution in [0.4, 0.5) is 4.79 Å². The highest BCUT2D eigenvalue weighted by Crippen LogP contribution is 2.14. The molecule has 0 saturated heterocycles. The molecule has 0 fully saturated rings. The van der Waals surface area contributed by atoms with Gasteiger partial charge in [-0.15, -0.1) is 0 Å². The van der Waals surface area contributed by atoms with Crippen LogP contribution in [-0.2, 0) is 22.6 Å². The van der Waals surface area contributed by atoms with Crippen molar-refractivity contribution in [3.8, 4) is 0 Å². The first-order valence-corrected chi connectivity index (χ1v) is 10.8. The number of nitrogens with zero attached hydrogens (tertiary/aromatic N) is 1. The zero-order chi connectivity index (χ0) is 22.5.